The van der Waals surface area contributed by atoms with Gasteiger partial charge in [0.05, 0.1) is 5.69 Å². The minimum absolute atomic E-state index is 0.409. The van der Waals surface area contributed by atoms with Crippen molar-refractivity contribution in [2.24, 2.45) is 4.99 Å². The molecule has 2 aromatic heterocycles. The maximum atomic E-state index is 9.40. The second kappa shape index (κ2) is 6.67. The Morgan fingerprint density at radius 3 is 2.78 bits per heavy atom. The molecule has 5 nitrogen and oxygen atoms in total. The Hall–Kier alpha value is -3.26. The largest absolute Gasteiger partial charge is 0.279 e. The Balaban J connectivity index is 1.84. The van der Waals surface area contributed by atoms with Crippen LogP contribution in [-0.4, -0.2) is 21.4 Å². The fraction of sp³-hybridized carbons (Fsp3) is 0.111. The van der Waals surface area contributed by atoms with Crippen LogP contribution in [0.5, 0.6) is 0 Å². The number of aromatic nitrogens is 3. The number of nitrogens with one attached hydrogen (secondary N) is 1. The average Bonchev–Trinajstić information content (AvgIpc) is 2.97. The molecule has 3 aromatic rings. The number of aromatic amines is 1. The number of nitriles is 1. The van der Waals surface area contributed by atoms with E-state index in [9.17, 15) is 5.26 Å². The van der Waals surface area contributed by atoms with Crippen LogP contribution in [0.1, 0.15) is 27.9 Å². The van der Waals surface area contributed by atoms with Gasteiger partial charge >= 0.3 is 0 Å². The predicted molar refractivity (Wildman–Crippen MR) is 88.8 cm³/mol. The van der Waals surface area contributed by atoms with Crippen molar-refractivity contribution in [3.05, 3.63) is 76.7 Å². The van der Waals surface area contributed by atoms with Crippen LogP contribution in [0.25, 0.3) is 0 Å². The van der Waals surface area contributed by atoms with E-state index in [4.69, 9.17) is 0 Å². The maximum absolute atomic E-state index is 9.40. The van der Waals surface area contributed by atoms with Crippen molar-refractivity contribution < 1.29 is 0 Å². The van der Waals surface area contributed by atoms with Gasteiger partial charge in [0.15, 0.2) is 5.82 Å². The minimum atomic E-state index is 0.409. The Morgan fingerprint density at radius 2 is 2.09 bits per heavy atom. The molecule has 3 rings (SSSR count). The molecule has 1 aromatic carbocycles. The normalized spacial score (nSPS) is 10.8. The number of hydrogen-bond acceptors (Lipinski definition) is 4. The van der Waals surface area contributed by atoms with Crippen LogP contribution < -0.4 is 0 Å². The maximum Gasteiger partial charge on any atom is 0.191 e. The highest BCUT2D eigenvalue weighted by atomic mass is 15.2. The zero-order valence-corrected chi connectivity index (χ0v) is 12.7. The van der Waals surface area contributed by atoms with Gasteiger partial charge in [-0.2, -0.15) is 10.4 Å². The lowest BCUT2D eigenvalue weighted by Gasteiger charge is -1.98. The number of aliphatic imine (C=N–C) groups is 1. The standard InChI is InChI=1S/C18H15N5/c1-13-4-6-14(7-5-13)12-21-18-16(10-19)17(22-23-18)9-15-3-2-8-20-11-15/h2-8,11-12H,9H2,1H3,(H,22,23). The summed E-state index contributed by atoms with van der Waals surface area (Å²) in [6.07, 6.45) is 5.78. The number of nitrogens with zero attached hydrogens (tertiary/aromatic N) is 4. The van der Waals surface area contributed by atoms with Gasteiger partial charge in [-0.25, -0.2) is 4.99 Å². The van der Waals surface area contributed by atoms with Crippen LogP contribution in [0.15, 0.2) is 53.8 Å². The van der Waals surface area contributed by atoms with E-state index in [0.717, 1.165) is 16.8 Å². The Labute approximate surface area is 134 Å². The van der Waals surface area contributed by atoms with E-state index in [1.165, 1.54) is 5.56 Å². The molecule has 0 spiro atoms. The van der Waals surface area contributed by atoms with Gasteiger partial charge in [0, 0.05) is 25.0 Å². The summed E-state index contributed by atoms with van der Waals surface area (Å²) in [5.41, 5.74) is 4.39. The van der Waals surface area contributed by atoms with E-state index >= 15 is 0 Å². The highest BCUT2D eigenvalue weighted by Crippen LogP contribution is 2.20. The molecule has 1 N–H and O–H groups in total. The van der Waals surface area contributed by atoms with E-state index in [2.05, 4.69) is 26.2 Å². The van der Waals surface area contributed by atoms with Crippen molar-refractivity contribution >= 4 is 12.0 Å². The van der Waals surface area contributed by atoms with Gasteiger partial charge in [-0.05, 0) is 24.1 Å². The summed E-state index contributed by atoms with van der Waals surface area (Å²) in [7, 11) is 0. The summed E-state index contributed by atoms with van der Waals surface area (Å²) in [4.78, 5) is 8.41. The lowest BCUT2D eigenvalue weighted by atomic mass is 10.1. The number of benzene rings is 1. The van der Waals surface area contributed by atoms with Crippen LogP contribution in [0, 0.1) is 18.3 Å². The van der Waals surface area contributed by atoms with Gasteiger partial charge in [-0.1, -0.05) is 35.9 Å². The minimum Gasteiger partial charge on any atom is -0.279 e. The van der Waals surface area contributed by atoms with E-state index in [1.807, 2.05) is 43.3 Å². The lowest BCUT2D eigenvalue weighted by molar-refractivity contribution is 0.987. The molecule has 23 heavy (non-hydrogen) atoms. The van der Waals surface area contributed by atoms with Gasteiger partial charge in [0.25, 0.3) is 0 Å². The highest BCUT2D eigenvalue weighted by molar-refractivity contribution is 5.82. The second-order valence-electron chi connectivity index (χ2n) is 5.22. The molecule has 0 aliphatic carbocycles. The molecule has 0 unspecified atom stereocenters. The number of hydrogen-bond donors (Lipinski definition) is 1. The average molecular weight is 301 g/mol. The molecule has 112 valence electrons. The monoisotopic (exact) mass is 301 g/mol. The van der Waals surface area contributed by atoms with E-state index < -0.39 is 0 Å². The van der Waals surface area contributed by atoms with E-state index in [1.54, 1.807) is 18.6 Å². The van der Waals surface area contributed by atoms with Gasteiger partial charge in [0.1, 0.15) is 11.6 Å². The number of rotatable bonds is 4. The fourth-order valence-corrected chi connectivity index (χ4v) is 2.20. The van der Waals surface area contributed by atoms with Crippen LogP contribution in [0.4, 0.5) is 5.82 Å². The van der Waals surface area contributed by atoms with Crippen molar-refractivity contribution in [1.29, 1.82) is 5.26 Å². The zero-order valence-electron chi connectivity index (χ0n) is 12.7. The van der Waals surface area contributed by atoms with Crippen molar-refractivity contribution in [2.45, 2.75) is 13.3 Å². The Bertz CT molecular complexity index is 855. The SMILES string of the molecule is Cc1ccc(C=Nc2n[nH]c(Cc3cccnc3)c2C#N)cc1. The summed E-state index contributed by atoms with van der Waals surface area (Å²) in [5, 5.41) is 16.5. The topological polar surface area (TPSA) is 77.7 Å². The van der Waals surface area contributed by atoms with Gasteiger partial charge < -0.3 is 0 Å². The highest BCUT2D eigenvalue weighted by Gasteiger charge is 2.12. The number of pyridine rings is 1. The van der Waals surface area contributed by atoms with E-state index in [-0.39, 0.29) is 0 Å². The van der Waals surface area contributed by atoms with Gasteiger partial charge in [0.2, 0.25) is 0 Å². The van der Waals surface area contributed by atoms with Crippen molar-refractivity contribution in [2.75, 3.05) is 0 Å². The molecular formula is C18H15N5. The molecule has 2 heterocycles. The Morgan fingerprint density at radius 1 is 1.26 bits per heavy atom. The first-order chi connectivity index (χ1) is 11.3. The molecule has 0 fully saturated rings. The van der Waals surface area contributed by atoms with Crippen LogP contribution in [0.3, 0.4) is 0 Å². The third-order valence-corrected chi connectivity index (χ3v) is 3.45. The molecule has 0 radical (unpaired) electrons. The fourth-order valence-electron chi connectivity index (χ4n) is 2.20. The first kappa shape index (κ1) is 14.7. The summed E-state index contributed by atoms with van der Waals surface area (Å²) in [6.45, 7) is 2.03. The Kier molecular flexibility index (Phi) is 4.25. The van der Waals surface area contributed by atoms with Gasteiger partial charge in [-0.15, -0.1) is 0 Å². The first-order valence-electron chi connectivity index (χ1n) is 7.23. The number of aryl methyl sites for hydroxylation is 1. The smallest absolute Gasteiger partial charge is 0.191 e. The quantitative estimate of drug-likeness (QED) is 0.751. The van der Waals surface area contributed by atoms with Crippen LogP contribution in [-0.2, 0) is 6.42 Å². The van der Waals surface area contributed by atoms with Gasteiger partial charge in [-0.3, -0.25) is 10.1 Å². The molecule has 0 saturated carbocycles. The van der Waals surface area contributed by atoms with Crippen LogP contribution >= 0.6 is 0 Å². The number of H-pyrrole nitrogens is 1. The molecule has 0 saturated heterocycles. The van der Waals surface area contributed by atoms with E-state index in [0.29, 0.717) is 17.8 Å². The molecule has 0 bridgehead atoms. The molecule has 0 atom stereocenters. The lowest BCUT2D eigenvalue weighted by Crippen LogP contribution is -1.92. The summed E-state index contributed by atoms with van der Waals surface area (Å²) < 4.78 is 0. The predicted octanol–water partition coefficient (Wildman–Crippen LogP) is 3.33. The molecule has 0 aliphatic heterocycles. The van der Waals surface area contributed by atoms with Crippen LogP contribution in [0.2, 0.25) is 0 Å². The third-order valence-electron chi connectivity index (χ3n) is 3.45. The molecule has 0 aliphatic rings. The first-order valence-corrected chi connectivity index (χ1v) is 7.23. The molecular weight excluding hydrogens is 286 g/mol. The summed E-state index contributed by atoms with van der Waals surface area (Å²) in [5.74, 6) is 0.409. The van der Waals surface area contributed by atoms with Crippen molar-refractivity contribution in [1.82, 2.24) is 15.2 Å². The molecule has 0 amide bonds. The summed E-state index contributed by atoms with van der Waals surface area (Å²) in [6, 6.07) is 14.0. The van der Waals surface area contributed by atoms with Crippen molar-refractivity contribution in [3.8, 4) is 6.07 Å². The molecule has 5 heteroatoms. The zero-order chi connectivity index (χ0) is 16.1. The summed E-state index contributed by atoms with van der Waals surface area (Å²) >= 11 is 0. The third kappa shape index (κ3) is 3.50. The second-order valence-corrected chi connectivity index (χ2v) is 5.22. The van der Waals surface area contributed by atoms with Crippen molar-refractivity contribution in [3.63, 3.8) is 0 Å².